The Bertz CT molecular complexity index is 252. The van der Waals surface area contributed by atoms with Crippen molar-refractivity contribution in [2.24, 2.45) is 0 Å². The van der Waals surface area contributed by atoms with Crippen molar-refractivity contribution < 1.29 is 15.2 Å². The molecule has 0 fully saturated rings. The highest BCUT2D eigenvalue weighted by molar-refractivity contribution is 5.63. The summed E-state index contributed by atoms with van der Waals surface area (Å²) in [5.41, 5.74) is 0. The maximum atomic E-state index is 10.2. The van der Waals surface area contributed by atoms with Gasteiger partial charge in [-0.1, -0.05) is 70.4 Å². The molecule has 138 valence electrons. The summed E-state index contributed by atoms with van der Waals surface area (Å²) in [5.74, 6) is -0.914. The molecule has 0 saturated carbocycles. The number of carboxylic acid groups (broad SMARTS) is 1. The lowest BCUT2D eigenvalue weighted by molar-refractivity contribution is -0.597. The van der Waals surface area contributed by atoms with Gasteiger partial charge in [0.05, 0.1) is 14.1 Å². The summed E-state index contributed by atoms with van der Waals surface area (Å²) < 4.78 is 0. The van der Waals surface area contributed by atoms with Crippen molar-refractivity contribution >= 4 is 5.97 Å². The molecule has 3 nitrogen and oxygen atoms in total. The van der Waals surface area contributed by atoms with E-state index >= 15 is 0 Å². The molecule has 0 aliphatic heterocycles. The molecule has 0 atom stereocenters. The van der Waals surface area contributed by atoms with E-state index in [0.717, 1.165) is 19.3 Å². The standard InChI is InChI=1S/C18H34O2.C2H7N/c1-2-3-4-5-6-7-8-9-10-11-12-13-14-15-16-17-18(19)20;1-3-2/h9-10H,2-8,11-17H2,1H3,(H,19,20);3H,1-2H3/b10-9-;. The van der Waals surface area contributed by atoms with E-state index in [1.165, 1.54) is 64.2 Å². The molecule has 3 heteroatoms. The monoisotopic (exact) mass is 327 g/mol. The first-order valence-electron chi connectivity index (χ1n) is 9.77. The Balaban J connectivity index is 0. The van der Waals surface area contributed by atoms with Crippen LogP contribution < -0.4 is 10.4 Å². The first kappa shape index (κ1) is 24.4. The van der Waals surface area contributed by atoms with Crippen LogP contribution in [0.5, 0.6) is 0 Å². The molecule has 0 aliphatic carbocycles. The molecule has 0 aromatic heterocycles. The molecule has 23 heavy (non-hydrogen) atoms. The van der Waals surface area contributed by atoms with Crippen molar-refractivity contribution in [1.82, 2.24) is 0 Å². The Morgan fingerprint density at radius 3 is 1.61 bits per heavy atom. The van der Waals surface area contributed by atoms with Crippen LogP contribution in [-0.2, 0) is 4.79 Å². The predicted octanol–water partition coefficient (Wildman–Crippen LogP) is 3.58. The number of hydrogen-bond acceptors (Lipinski definition) is 2. The van der Waals surface area contributed by atoms with Gasteiger partial charge in [0.2, 0.25) is 0 Å². The summed E-state index contributed by atoms with van der Waals surface area (Å²) in [6.07, 6.45) is 20.9. The topological polar surface area (TPSA) is 56.7 Å². The minimum atomic E-state index is -0.914. The minimum Gasteiger partial charge on any atom is -0.550 e. The lowest BCUT2D eigenvalue weighted by Gasteiger charge is -2.01. The van der Waals surface area contributed by atoms with Crippen molar-refractivity contribution in [2.75, 3.05) is 14.1 Å². The van der Waals surface area contributed by atoms with Crippen LogP contribution in [0.25, 0.3) is 0 Å². The van der Waals surface area contributed by atoms with Crippen molar-refractivity contribution in [3.8, 4) is 0 Å². The normalized spacial score (nSPS) is 10.6. The maximum absolute atomic E-state index is 10.2. The van der Waals surface area contributed by atoms with Gasteiger partial charge in [-0.2, -0.15) is 0 Å². The van der Waals surface area contributed by atoms with Gasteiger partial charge in [0.1, 0.15) is 0 Å². The number of quaternary nitrogens is 1. The molecule has 0 amide bonds. The fourth-order valence-corrected chi connectivity index (χ4v) is 2.34. The van der Waals surface area contributed by atoms with Crippen LogP contribution in [0.4, 0.5) is 0 Å². The number of rotatable bonds is 15. The van der Waals surface area contributed by atoms with Crippen molar-refractivity contribution in [1.29, 1.82) is 0 Å². The van der Waals surface area contributed by atoms with Gasteiger partial charge in [-0.25, -0.2) is 0 Å². The number of carbonyl (C=O) groups excluding carboxylic acids is 1. The van der Waals surface area contributed by atoms with Crippen LogP contribution in [0.3, 0.4) is 0 Å². The first-order valence-corrected chi connectivity index (χ1v) is 9.77. The number of aliphatic carboxylic acids is 1. The van der Waals surface area contributed by atoms with E-state index in [1.54, 1.807) is 0 Å². The molecule has 0 radical (unpaired) electrons. The van der Waals surface area contributed by atoms with Gasteiger partial charge in [0.25, 0.3) is 0 Å². The Morgan fingerprint density at radius 2 is 1.17 bits per heavy atom. The molecule has 0 aromatic carbocycles. The van der Waals surface area contributed by atoms with Crippen LogP contribution in [-0.4, -0.2) is 20.1 Å². The van der Waals surface area contributed by atoms with Gasteiger partial charge >= 0.3 is 0 Å². The zero-order valence-corrected chi connectivity index (χ0v) is 15.9. The highest BCUT2D eigenvalue weighted by Gasteiger charge is 1.91. The number of carbonyl (C=O) groups is 1. The predicted molar refractivity (Wildman–Crippen MR) is 98.2 cm³/mol. The van der Waals surface area contributed by atoms with Crippen LogP contribution >= 0.6 is 0 Å². The molecule has 2 N–H and O–H groups in total. The lowest BCUT2D eigenvalue weighted by Crippen LogP contribution is -2.74. The van der Waals surface area contributed by atoms with Crippen molar-refractivity contribution in [3.63, 3.8) is 0 Å². The highest BCUT2D eigenvalue weighted by Crippen LogP contribution is 2.09. The molecule has 0 rings (SSSR count). The lowest BCUT2D eigenvalue weighted by atomic mass is 10.1. The Hall–Kier alpha value is -0.830. The average Bonchev–Trinajstić information content (AvgIpc) is 2.51. The minimum absolute atomic E-state index is 0.220. The van der Waals surface area contributed by atoms with Crippen molar-refractivity contribution in [3.05, 3.63) is 12.2 Å². The van der Waals surface area contributed by atoms with E-state index < -0.39 is 5.97 Å². The third-order valence-corrected chi connectivity index (χ3v) is 3.64. The quantitative estimate of drug-likeness (QED) is 0.369. The fourth-order valence-electron chi connectivity index (χ4n) is 2.34. The molecule has 0 bridgehead atoms. The Morgan fingerprint density at radius 1 is 0.783 bits per heavy atom. The molecular weight excluding hydrogens is 286 g/mol. The summed E-state index contributed by atoms with van der Waals surface area (Å²) in [6.45, 7) is 2.26. The van der Waals surface area contributed by atoms with Gasteiger partial charge in [-0.3, -0.25) is 0 Å². The summed E-state index contributed by atoms with van der Waals surface area (Å²) in [6, 6.07) is 0. The molecular formula is C20H41NO2. The van der Waals surface area contributed by atoms with Crippen molar-refractivity contribution in [2.45, 2.75) is 96.8 Å². The Kier molecular flexibility index (Phi) is 24.9. The molecule has 0 unspecified atom stereocenters. The summed E-state index contributed by atoms with van der Waals surface area (Å²) >= 11 is 0. The van der Waals surface area contributed by atoms with Crippen LogP contribution in [0.2, 0.25) is 0 Å². The van der Waals surface area contributed by atoms with Gasteiger partial charge in [-0.05, 0) is 38.5 Å². The molecule has 0 spiro atoms. The van der Waals surface area contributed by atoms with E-state index in [-0.39, 0.29) is 6.42 Å². The largest absolute Gasteiger partial charge is 0.550 e. The van der Waals surface area contributed by atoms with Gasteiger partial charge in [0, 0.05) is 5.97 Å². The molecule has 0 aliphatic rings. The molecule has 0 saturated heterocycles. The third kappa shape index (κ3) is 29.8. The second-order valence-corrected chi connectivity index (χ2v) is 6.28. The number of nitrogens with two attached hydrogens (primary N) is 1. The second kappa shape index (κ2) is 23.4. The zero-order valence-electron chi connectivity index (χ0n) is 15.9. The second-order valence-electron chi connectivity index (χ2n) is 6.28. The Labute approximate surface area is 144 Å². The van der Waals surface area contributed by atoms with E-state index in [2.05, 4.69) is 19.1 Å². The molecule has 0 aromatic rings. The average molecular weight is 328 g/mol. The third-order valence-electron chi connectivity index (χ3n) is 3.64. The zero-order chi connectivity index (χ0) is 17.6. The van der Waals surface area contributed by atoms with Crippen LogP contribution in [0.15, 0.2) is 12.2 Å². The summed E-state index contributed by atoms with van der Waals surface area (Å²) in [5, 5.41) is 12.2. The van der Waals surface area contributed by atoms with Crippen LogP contribution in [0.1, 0.15) is 96.8 Å². The molecule has 0 heterocycles. The smallest absolute Gasteiger partial charge is 0.0647 e. The number of allylic oxidation sites excluding steroid dienone is 2. The first-order chi connectivity index (χ1) is 11.2. The SMILES string of the molecule is CCCCCCCC/C=C\CCCCCCCC(=O)[O-].C[NH2+]C. The maximum Gasteiger partial charge on any atom is 0.0647 e. The summed E-state index contributed by atoms with van der Waals surface area (Å²) in [7, 11) is 4.00. The fraction of sp³-hybridized carbons (Fsp3) is 0.850. The van der Waals surface area contributed by atoms with Gasteiger partial charge < -0.3 is 15.2 Å². The van der Waals surface area contributed by atoms with Crippen LogP contribution in [0, 0.1) is 0 Å². The van der Waals surface area contributed by atoms with Gasteiger partial charge in [0.15, 0.2) is 0 Å². The number of carboxylic acids is 1. The number of hydrogen-bond donors (Lipinski definition) is 1. The highest BCUT2D eigenvalue weighted by atomic mass is 16.4. The van der Waals surface area contributed by atoms with E-state index in [4.69, 9.17) is 0 Å². The number of unbranched alkanes of at least 4 members (excludes halogenated alkanes) is 11. The summed E-state index contributed by atoms with van der Waals surface area (Å²) in [4.78, 5) is 10.2. The van der Waals surface area contributed by atoms with Gasteiger partial charge in [-0.15, -0.1) is 0 Å². The van der Waals surface area contributed by atoms with E-state index in [0.29, 0.717) is 0 Å². The van der Waals surface area contributed by atoms with E-state index in [9.17, 15) is 9.90 Å². The van der Waals surface area contributed by atoms with E-state index in [1.807, 2.05) is 19.4 Å².